The predicted octanol–water partition coefficient (Wildman–Crippen LogP) is 7.58. The monoisotopic (exact) mass is 585 g/mol. The predicted molar refractivity (Wildman–Crippen MR) is 163 cm³/mol. The lowest BCUT2D eigenvalue weighted by Gasteiger charge is -2.17. The first-order valence-electron chi connectivity index (χ1n) is 15.0. The summed E-state index contributed by atoms with van der Waals surface area (Å²) < 4.78 is 24.9. The third kappa shape index (κ3) is 15.4. The van der Waals surface area contributed by atoms with Crippen molar-refractivity contribution in [2.75, 3.05) is 30.2 Å². The molecule has 1 unspecified atom stereocenters. The summed E-state index contributed by atoms with van der Waals surface area (Å²) in [4.78, 5) is 22.4. The van der Waals surface area contributed by atoms with Crippen LogP contribution in [-0.4, -0.2) is 55.0 Å². The first kappa shape index (κ1) is 34.0. The Labute approximate surface area is 240 Å². The molecule has 224 valence electrons. The van der Waals surface area contributed by atoms with E-state index in [0.29, 0.717) is 23.5 Å². The van der Waals surface area contributed by atoms with E-state index in [2.05, 4.69) is 33.6 Å². The van der Waals surface area contributed by atoms with Gasteiger partial charge in [0.05, 0.1) is 25.6 Å². The Morgan fingerprint density at radius 3 is 2.15 bits per heavy atom. The van der Waals surface area contributed by atoms with Gasteiger partial charge in [0, 0.05) is 0 Å². The summed E-state index contributed by atoms with van der Waals surface area (Å²) in [5, 5.41) is 0. The molecule has 0 bridgehead atoms. The van der Waals surface area contributed by atoms with E-state index in [-0.39, 0.29) is 19.1 Å². The fourth-order valence-electron chi connectivity index (χ4n) is 4.46. The van der Waals surface area contributed by atoms with Gasteiger partial charge >= 0.3 is 7.60 Å². The van der Waals surface area contributed by atoms with Crippen molar-refractivity contribution in [3.63, 3.8) is 0 Å². The minimum absolute atomic E-state index is 0.282. The standard InChI is InChI=1S/C28H52N5O4PS/c1-3-4-5-13-16-19-39-20-17-14-11-9-7-6-8-10-12-15-18-37-38(34,35)24-36-25(2)21-33-23-32-26-27(29)30-22-31-28(26)33/h22-23,25H,3-21,24H2,1-2H3,(H,34,35)(H2,29,30,31)/t25-/m1/s1. The Morgan fingerprint density at radius 2 is 1.51 bits per heavy atom. The first-order chi connectivity index (χ1) is 18.9. The second-order valence-corrected chi connectivity index (χ2v) is 13.5. The fraction of sp³-hybridized carbons (Fsp3) is 0.821. The summed E-state index contributed by atoms with van der Waals surface area (Å²) in [7, 11) is -3.78. The Bertz CT molecular complexity index is 948. The van der Waals surface area contributed by atoms with E-state index in [4.69, 9.17) is 15.0 Å². The van der Waals surface area contributed by atoms with Crippen molar-refractivity contribution in [3.05, 3.63) is 12.7 Å². The Kier molecular flexibility index (Phi) is 18.0. The number of hydrogen-bond donors (Lipinski definition) is 2. The number of fused-ring (bicyclic) bond motifs is 1. The van der Waals surface area contributed by atoms with Gasteiger partial charge in [-0.05, 0) is 37.7 Å². The molecular weight excluding hydrogens is 533 g/mol. The Balaban J connectivity index is 1.38. The number of thioether (sulfide) groups is 1. The van der Waals surface area contributed by atoms with E-state index in [1.165, 1.54) is 94.9 Å². The van der Waals surface area contributed by atoms with Crippen molar-refractivity contribution >= 4 is 36.3 Å². The molecule has 2 heterocycles. The highest BCUT2D eigenvalue weighted by molar-refractivity contribution is 7.99. The van der Waals surface area contributed by atoms with Gasteiger partial charge in [-0.25, -0.2) is 15.0 Å². The van der Waals surface area contributed by atoms with E-state index in [0.717, 1.165) is 19.3 Å². The van der Waals surface area contributed by atoms with Gasteiger partial charge in [-0.15, -0.1) is 0 Å². The minimum Gasteiger partial charge on any atom is -0.382 e. The molecule has 0 aliphatic heterocycles. The van der Waals surface area contributed by atoms with Crippen LogP contribution in [0.25, 0.3) is 11.2 Å². The third-order valence-electron chi connectivity index (χ3n) is 6.77. The summed E-state index contributed by atoms with van der Waals surface area (Å²) >= 11 is 2.14. The van der Waals surface area contributed by atoms with E-state index in [1.54, 1.807) is 10.9 Å². The van der Waals surface area contributed by atoms with Crippen LogP contribution in [0.4, 0.5) is 5.82 Å². The molecule has 0 aliphatic carbocycles. The molecule has 39 heavy (non-hydrogen) atoms. The van der Waals surface area contributed by atoms with Crippen molar-refractivity contribution in [2.45, 2.75) is 123 Å². The number of nitrogen functional groups attached to an aromatic ring is 1. The van der Waals surface area contributed by atoms with Crippen molar-refractivity contribution in [2.24, 2.45) is 0 Å². The number of ether oxygens (including phenoxy) is 1. The number of anilines is 1. The molecule has 2 rings (SSSR count). The SMILES string of the molecule is CCCCCCCSCCCCCCCCCCCCOP(=O)(O)CO[C@H](C)Cn1cnc2c(N)ncnc21. The maximum atomic E-state index is 12.3. The number of unbranched alkanes of at least 4 members (excludes halogenated alkanes) is 13. The largest absolute Gasteiger partial charge is 0.382 e. The van der Waals surface area contributed by atoms with Gasteiger partial charge in [0.1, 0.15) is 18.2 Å². The van der Waals surface area contributed by atoms with E-state index in [1.807, 2.05) is 6.92 Å². The van der Waals surface area contributed by atoms with Crippen LogP contribution in [-0.2, 0) is 20.4 Å². The van der Waals surface area contributed by atoms with Gasteiger partial charge in [-0.2, -0.15) is 11.8 Å². The Hall–Kier alpha value is -1.19. The Morgan fingerprint density at radius 1 is 0.923 bits per heavy atom. The van der Waals surface area contributed by atoms with Crippen LogP contribution in [0.1, 0.15) is 110 Å². The number of nitrogens with zero attached hydrogens (tertiary/aromatic N) is 4. The lowest BCUT2D eigenvalue weighted by Crippen LogP contribution is -2.17. The lowest BCUT2D eigenvalue weighted by atomic mass is 10.1. The second kappa shape index (κ2) is 20.7. The maximum Gasteiger partial charge on any atom is 0.353 e. The van der Waals surface area contributed by atoms with Crippen LogP contribution in [0.2, 0.25) is 0 Å². The summed E-state index contributed by atoms with van der Waals surface area (Å²) in [6, 6.07) is 0. The molecule has 0 fully saturated rings. The quantitative estimate of drug-likeness (QED) is 0.0895. The highest BCUT2D eigenvalue weighted by Crippen LogP contribution is 2.42. The molecule has 0 spiro atoms. The molecular formula is C28H52N5O4PS. The molecule has 2 aromatic rings. The number of aromatic nitrogens is 4. The maximum absolute atomic E-state index is 12.3. The topological polar surface area (TPSA) is 125 Å². The van der Waals surface area contributed by atoms with Crippen LogP contribution in [0.15, 0.2) is 12.7 Å². The summed E-state index contributed by atoms with van der Waals surface area (Å²) in [6.45, 7) is 4.80. The van der Waals surface area contributed by atoms with Gasteiger partial charge in [0.2, 0.25) is 0 Å². The van der Waals surface area contributed by atoms with Crippen LogP contribution in [0, 0.1) is 0 Å². The molecule has 2 aromatic heterocycles. The van der Waals surface area contributed by atoms with Gasteiger partial charge in [0.15, 0.2) is 11.5 Å². The first-order valence-corrected chi connectivity index (χ1v) is 17.9. The highest BCUT2D eigenvalue weighted by Gasteiger charge is 2.21. The number of imidazole rings is 1. The minimum atomic E-state index is -3.78. The zero-order valence-electron chi connectivity index (χ0n) is 24.3. The molecule has 0 radical (unpaired) electrons. The van der Waals surface area contributed by atoms with Gasteiger partial charge in [-0.1, -0.05) is 84.0 Å². The van der Waals surface area contributed by atoms with Crippen LogP contribution >= 0.6 is 19.4 Å². The number of nitrogens with two attached hydrogens (primary N) is 1. The normalized spacial score (nSPS) is 14.1. The number of hydrogen-bond acceptors (Lipinski definition) is 8. The average molecular weight is 586 g/mol. The summed E-state index contributed by atoms with van der Waals surface area (Å²) in [5.41, 5.74) is 6.95. The van der Waals surface area contributed by atoms with E-state index in [9.17, 15) is 9.46 Å². The van der Waals surface area contributed by atoms with Crippen molar-refractivity contribution in [1.82, 2.24) is 19.5 Å². The molecule has 2 atom stereocenters. The molecule has 0 aliphatic rings. The van der Waals surface area contributed by atoms with Crippen molar-refractivity contribution in [3.8, 4) is 0 Å². The molecule has 0 saturated carbocycles. The zero-order chi connectivity index (χ0) is 28.2. The van der Waals surface area contributed by atoms with E-state index >= 15 is 0 Å². The van der Waals surface area contributed by atoms with Crippen LogP contribution in [0.3, 0.4) is 0 Å². The molecule has 11 heteroatoms. The number of rotatable bonds is 25. The second-order valence-electron chi connectivity index (χ2n) is 10.5. The van der Waals surface area contributed by atoms with Crippen molar-refractivity contribution < 1.29 is 18.7 Å². The smallest absolute Gasteiger partial charge is 0.353 e. The summed E-state index contributed by atoms with van der Waals surface area (Å²) in [5.74, 6) is 2.99. The van der Waals surface area contributed by atoms with Gasteiger partial charge in [0.25, 0.3) is 0 Å². The molecule has 0 aromatic carbocycles. The van der Waals surface area contributed by atoms with Crippen LogP contribution in [0.5, 0.6) is 0 Å². The van der Waals surface area contributed by atoms with Crippen molar-refractivity contribution in [1.29, 1.82) is 0 Å². The fourth-order valence-corrected chi connectivity index (χ4v) is 6.41. The molecule has 3 N–H and O–H groups in total. The molecule has 0 amide bonds. The third-order valence-corrected chi connectivity index (χ3v) is 8.99. The van der Waals surface area contributed by atoms with Gasteiger partial charge < -0.3 is 24.5 Å². The van der Waals surface area contributed by atoms with Gasteiger partial charge in [-0.3, -0.25) is 4.57 Å². The zero-order valence-corrected chi connectivity index (χ0v) is 26.0. The van der Waals surface area contributed by atoms with E-state index < -0.39 is 7.60 Å². The summed E-state index contributed by atoms with van der Waals surface area (Å²) in [6.07, 6.45) is 21.5. The lowest BCUT2D eigenvalue weighted by molar-refractivity contribution is 0.0715. The molecule has 0 saturated heterocycles. The van der Waals surface area contributed by atoms with Crippen LogP contribution < -0.4 is 5.73 Å². The highest BCUT2D eigenvalue weighted by atomic mass is 32.2. The average Bonchev–Trinajstić information content (AvgIpc) is 3.32. The molecule has 9 nitrogen and oxygen atoms in total.